The molecule has 158 valence electrons. The van der Waals surface area contributed by atoms with E-state index in [1.165, 1.54) is 18.5 Å². The van der Waals surface area contributed by atoms with Crippen LogP contribution in [0.4, 0.5) is 5.69 Å². The van der Waals surface area contributed by atoms with Gasteiger partial charge in [0.25, 0.3) is 0 Å². The van der Waals surface area contributed by atoms with Gasteiger partial charge in [-0.15, -0.1) is 0 Å². The minimum atomic E-state index is 0.00617. The molecule has 0 unspecified atom stereocenters. The molecule has 2 aromatic carbocycles. The van der Waals surface area contributed by atoms with Gasteiger partial charge in [-0.25, -0.2) is 0 Å². The van der Waals surface area contributed by atoms with Gasteiger partial charge in [-0.05, 0) is 55.6 Å². The number of ether oxygens (including phenoxy) is 3. The van der Waals surface area contributed by atoms with Crippen molar-refractivity contribution in [2.24, 2.45) is 5.92 Å². The summed E-state index contributed by atoms with van der Waals surface area (Å²) in [6.07, 6.45) is 4.04. The van der Waals surface area contributed by atoms with Gasteiger partial charge in [-0.2, -0.15) is 0 Å². The molecule has 1 fully saturated rings. The van der Waals surface area contributed by atoms with Crippen LogP contribution in [-0.2, 0) is 0 Å². The van der Waals surface area contributed by atoms with Crippen LogP contribution in [0.1, 0.15) is 12.8 Å². The van der Waals surface area contributed by atoms with Crippen LogP contribution in [0.5, 0.6) is 17.2 Å². The molecule has 30 heavy (non-hydrogen) atoms. The third kappa shape index (κ3) is 3.79. The molecule has 5 rings (SSSR count). The van der Waals surface area contributed by atoms with Crippen molar-refractivity contribution >= 4 is 16.7 Å². The largest absolute Gasteiger partial charge is 0.495 e. The second kappa shape index (κ2) is 8.48. The second-order valence-corrected chi connectivity index (χ2v) is 8.04. The Kier molecular flexibility index (Phi) is 5.41. The van der Waals surface area contributed by atoms with E-state index in [1.54, 1.807) is 13.4 Å². The van der Waals surface area contributed by atoms with Gasteiger partial charge >= 0.3 is 0 Å². The molecule has 1 N–H and O–H groups in total. The molecule has 6 heteroatoms. The lowest BCUT2D eigenvalue weighted by atomic mass is 9.96. The predicted octanol–water partition coefficient (Wildman–Crippen LogP) is 4.09. The first-order valence-corrected chi connectivity index (χ1v) is 10.7. The minimum Gasteiger partial charge on any atom is -0.495 e. The van der Waals surface area contributed by atoms with E-state index < -0.39 is 0 Å². The van der Waals surface area contributed by atoms with Gasteiger partial charge in [0, 0.05) is 19.6 Å². The topological polar surface area (TPSA) is 56.1 Å². The lowest BCUT2D eigenvalue weighted by Gasteiger charge is -2.34. The van der Waals surface area contributed by atoms with Crippen LogP contribution in [0.25, 0.3) is 11.0 Å². The number of nitrogens with one attached hydrogen (secondary N) is 1. The van der Waals surface area contributed by atoms with Gasteiger partial charge in [0.15, 0.2) is 11.5 Å². The molecule has 2 aliphatic rings. The summed E-state index contributed by atoms with van der Waals surface area (Å²) in [6.45, 7) is 4.46. The maximum absolute atomic E-state index is 6.22. The van der Waals surface area contributed by atoms with Crippen LogP contribution in [0, 0.1) is 5.92 Å². The van der Waals surface area contributed by atoms with Crippen LogP contribution < -0.4 is 24.4 Å². The Bertz CT molecular complexity index is 994. The zero-order valence-electron chi connectivity index (χ0n) is 17.3. The first kappa shape index (κ1) is 19.1. The minimum absolute atomic E-state index is 0.00617. The van der Waals surface area contributed by atoms with E-state index in [-0.39, 0.29) is 6.10 Å². The van der Waals surface area contributed by atoms with Crippen molar-refractivity contribution in [2.75, 3.05) is 44.8 Å². The van der Waals surface area contributed by atoms with Gasteiger partial charge in [0.05, 0.1) is 24.4 Å². The highest BCUT2D eigenvalue weighted by Crippen LogP contribution is 2.39. The Balaban J connectivity index is 1.10. The number of fused-ring (bicyclic) bond motifs is 3. The van der Waals surface area contributed by atoms with Crippen molar-refractivity contribution in [3.8, 4) is 17.2 Å². The number of benzene rings is 2. The van der Waals surface area contributed by atoms with Crippen LogP contribution in [-0.4, -0.2) is 46.0 Å². The highest BCUT2D eigenvalue weighted by atomic mass is 16.6. The molecule has 2 aliphatic heterocycles. The molecule has 6 nitrogen and oxygen atoms in total. The highest BCUT2D eigenvalue weighted by Gasteiger charge is 2.25. The number of piperidine rings is 1. The summed E-state index contributed by atoms with van der Waals surface area (Å²) in [6, 6.07) is 14.0. The number of hydrogen-bond donors (Lipinski definition) is 1. The first-order chi connectivity index (χ1) is 14.8. The summed E-state index contributed by atoms with van der Waals surface area (Å²) in [5.41, 5.74) is 2.02. The third-order valence-corrected chi connectivity index (χ3v) is 6.10. The monoisotopic (exact) mass is 408 g/mol. The average Bonchev–Trinajstić information content (AvgIpc) is 3.29. The molecule has 0 aliphatic carbocycles. The molecule has 1 saturated heterocycles. The van der Waals surface area contributed by atoms with Crippen molar-refractivity contribution in [3.05, 3.63) is 48.7 Å². The lowest BCUT2D eigenvalue weighted by molar-refractivity contribution is 0.0913. The molecule has 0 saturated carbocycles. The Hall–Kier alpha value is -2.86. The Morgan fingerprint density at radius 2 is 1.93 bits per heavy atom. The molecule has 1 aromatic heterocycles. The Labute approximate surface area is 176 Å². The molecule has 3 aromatic rings. The third-order valence-electron chi connectivity index (χ3n) is 6.10. The molecule has 0 radical (unpaired) electrons. The van der Waals surface area contributed by atoms with E-state index >= 15 is 0 Å². The van der Waals surface area contributed by atoms with E-state index in [4.69, 9.17) is 18.6 Å². The van der Waals surface area contributed by atoms with Gasteiger partial charge in [0.1, 0.15) is 24.0 Å². The summed E-state index contributed by atoms with van der Waals surface area (Å²) >= 11 is 0. The van der Waals surface area contributed by atoms with E-state index in [9.17, 15) is 0 Å². The maximum Gasteiger partial charge on any atom is 0.172 e. The lowest BCUT2D eigenvalue weighted by Crippen LogP contribution is -2.42. The maximum atomic E-state index is 6.22. The fraction of sp³-hybridized carbons (Fsp3) is 0.417. The Morgan fingerprint density at radius 3 is 2.80 bits per heavy atom. The normalized spacial score (nSPS) is 19.2. The first-order valence-electron chi connectivity index (χ1n) is 10.7. The fourth-order valence-corrected chi connectivity index (χ4v) is 4.43. The van der Waals surface area contributed by atoms with Gasteiger partial charge in [-0.3, -0.25) is 0 Å². The molecule has 3 heterocycles. The number of nitrogens with zero attached hydrogens (tertiary/aromatic N) is 1. The standard InChI is InChI=1S/C24H28N2O4/c1-27-22-5-3-2-4-20(22)26-11-8-17(9-12-26)14-25-15-18-16-29-23-7-6-21-19(10-13-28-21)24(23)30-18/h2-7,10,13,17-18,25H,8-9,11-12,14-16H2,1H3/t18-/m0/s1. The van der Waals surface area contributed by atoms with Crippen molar-refractivity contribution < 1.29 is 18.6 Å². The molecular weight excluding hydrogens is 380 g/mol. The van der Waals surface area contributed by atoms with Crippen LogP contribution in [0.2, 0.25) is 0 Å². The fourth-order valence-electron chi connectivity index (χ4n) is 4.43. The van der Waals surface area contributed by atoms with Gasteiger partial charge in [0.2, 0.25) is 0 Å². The number of methoxy groups -OCH3 is 1. The summed E-state index contributed by atoms with van der Waals surface area (Å²) in [5.74, 6) is 3.22. The molecular formula is C24H28N2O4. The van der Waals surface area contributed by atoms with E-state index in [2.05, 4.69) is 22.3 Å². The number of para-hydroxylation sites is 2. The van der Waals surface area contributed by atoms with Crippen LogP contribution in [0.15, 0.2) is 53.1 Å². The van der Waals surface area contributed by atoms with Crippen molar-refractivity contribution in [2.45, 2.75) is 18.9 Å². The quantitative estimate of drug-likeness (QED) is 0.663. The van der Waals surface area contributed by atoms with E-state index in [1.807, 2.05) is 30.3 Å². The zero-order valence-corrected chi connectivity index (χ0v) is 17.3. The molecule has 0 spiro atoms. The Morgan fingerprint density at radius 1 is 1.07 bits per heavy atom. The molecule has 0 bridgehead atoms. The van der Waals surface area contributed by atoms with Crippen molar-refractivity contribution in [3.63, 3.8) is 0 Å². The van der Waals surface area contributed by atoms with Gasteiger partial charge < -0.3 is 28.8 Å². The smallest absolute Gasteiger partial charge is 0.172 e. The van der Waals surface area contributed by atoms with E-state index in [0.29, 0.717) is 12.5 Å². The molecule has 1 atom stereocenters. The highest BCUT2D eigenvalue weighted by molar-refractivity contribution is 5.87. The van der Waals surface area contributed by atoms with E-state index in [0.717, 1.165) is 54.4 Å². The summed E-state index contributed by atoms with van der Waals surface area (Å²) < 4.78 is 23.1. The van der Waals surface area contributed by atoms with Crippen molar-refractivity contribution in [1.82, 2.24) is 5.32 Å². The molecule has 0 amide bonds. The van der Waals surface area contributed by atoms with Gasteiger partial charge in [-0.1, -0.05) is 12.1 Å². The number of hydrogen-bond acceptors (Lipinski definition) is 6. The SMILES string of the molecule is COc1ccccc1N1CCC(CNC[C@H]2COc3ccc4occc4c3O2)CC1. The zero-order chi connectivity index (χ0) is 20.3. The van der Waals surface area contributed by atoms with Crippen molar-refractivity contribution in [1.29, 1.82) is 0 Å². The number of anilines is 1. The summed E-state index contributed by atoms with van der Waals surface area (Å²) in [4.78, 5) is 2.43. The average molecular weight is 408 g/mol. The number of furan rings is 1. The number of rotatable bonds is 6. The van der Waals surface area contributed by atoms with Crippen LogP contribution in [0.3, 0.4) is 0 Å². The second-order valence-electron chi connectivity index (χ2n) is 8.04. The summed E-state index contributed by atoms with van der Waals surface area (Å²) in [7, 11) is 1.74. The summed E-state index contributed by atoms with van der Waals surface area (Å²) in [5, 5.41) is 4.58. The predicted molar refractivity (Wildman–Crippen MR) is 117 cm³/mol. The van der Waals surface area contributed by atoms with Crippen LogP contribution >= 0.6 is 0 Å².